The summed E-state index contributed by atoms with van der Waals surface area (Å²) in [6.07, 6.45) is 0.675. The lowest BCUT2D eigenvalue weighted by molar-refractivity contribution is -0.123. The molecule has 1 rings (SSSR count). The van der Waals surface area contributed by atoms with Gasteiger partial charge in [-0.1, -0.05) is 18.5 Å². The highest BCUT2D eigenvalue weighted by Crippen LogP contribution is 2.32. The fraction of sp³-hybridized carbons (Fsp3) is 0.500. The monoisotopic (exact) mass is 318 g/mol. The Morgan fingerprint density at radius 3 is 2.20 bits per heavy atom. The molecule has 0 spiro atoms. The first-order chi connectivity index (χ1) is 9.35. The molecule has 0 aromatic carbocycles. The third-order valence-electron chi connectivity index (χ3n) is 2.87. The van der Waals surface area contributed by atoms with Gasteiger partial charge in [0.1, 0.15) is 0 Å². The molecule has 1 aromatic rings. The van der Waals surface area contributed by atoms with Gasteiger partial charge in [-0.3, -0.25) is 14.5 Å². The molecule has 112 valence electrons. The summed E-state index contributed by atoms with van der Waals surface area (Å²) in [7, 11) is 0. The molecular formula is C12H19ClN4O2S. The van der Waals surface area contributed by atoms with Crippen LogP contribution >= 0.6 is 22.9 Å². The fourth-order valence-corrected chi connectivity index (χ4v) is 3.30. The highest BCUT2D eigenvalue weighted by molar-refractivity contribution is 7.16. The third kappa shape index (κ3) is 4.75. The van der Waals surface area contributed by atoms with Crippen molar-refractivity contribution in [2.45, 2.75) is 25.4 Å². The molecule has 8 heteroatoms. The van der Waals surface area contributed by atoms with Crippen LogP contribution in [-0.2, 0) is 9.59 Å². The van der Waals surface area contributed by atoms with Crippen molar-refractivity contribution < 1.29 is 9.59 Å². The molecule has 0 radical (unpaired) electrons. The molecule has 20 heavy (non-hydrogen) atoms. The van der Waals surface area contributed by atoms with E-state index in [1.165, 1.54) is 11.3 Å². The van der Waals surface area contributed by atoms with Crippen molar-refractivity contribution in [3.8, 4) is 0 Å². The van der Waals surface area contributed by atoms with E-state index in [2.05, 4.69) is 0 Å². The first-order valence-corrected chi connectivity index (χ1v) is 7.36. The van der Waals surface area contributed by atoms with Crippen molar-refractivity contribution in [3.63, 3.8) is 0 Å². The van der Waals surface area contributed by atoms with Gasteiger partial charge in [0.15, 0.2) is 0 Å². The summed E-state index contributed by atoms with van der Waals surface area (Å²) in [5, 5.41) is 0. The average Bonchev–Trinajstić information content (AvgIpc) is 2.74. The van der Waals surface area contributed by atoms with E-state index in [9.17, 15) is 9.59 Å². The molecule has 0 aliphatic rings. The van der Waals surface area contributed by atoms with Gasteiger partial charge in [-0.2, -0.15) is 0 Å². The number of amides is 2. The highest BCUT2D eigenvalue weighted by Gasteiger charge is 2.29. The van der Waals surface area contributed by atoms with Gasteiger partial charge >= 0.3 is 0 Å². The number of hydrogen-bond donors (Lipinski definition) is 3. The highest BCUT2D eigenvalue weighted by atomic mass is 35.5. The largest absolute Gasteiger partial charge is 0.369 e. The molecular weight excluding hydrogens is 300 g/mol. The Morgan fingerprint density at radius 1 is 1.30 bits per heavy atom. The molecule has 0 saturated heterocycles. The van der Waals surface area contributed by atoms with Crippen molar-refractivity contribution in [2.24, 2.45) is 17.2 Å². The van der Waals surface area contributed by atoms with Gasteiger partial charge in [-0.25, -0.2) is 0 Å². The van der Waals surface area contributed by atoms with E-state index in [4.69, 9.17) is 28.8 Å². The Morgan fingerprint density at radius 2 is 1.85 bits per heavy atom. The fourth-order valence-electron chi connectivity index (χ4n) is 2.03. The van der Waals surface area contributed by atoms with Crippen LogP contribution in [0.25, 0.3) is 0 Å². The Kier molecular flexibility index (Phi) is 6.41. The number of rotatable bonds is 8. The van der Waals surface area contributed by atoms with Crippen molar-refractivity contribution in [3.05, 3.63) is 21.3 Å². The molecule has 0 fully saturated rings. The zero-order valence-electron chi connectivity index (χ0n) is 11.2. The summed E-state index contributed by atoms with van der Waals surface area (Å²) >= 11 is 7.31. The van der Waals surface area contributed by atoms with Gasteiger partial charge < -0.3 is 17.2 Å². The van der Waals surface area contributed by atoms with Crippen LogP contribution in [0.15, 0.2) is 12.1 Å². The number of nitrogens with two attached hydrogens (primary N) is 3. The normalized spacial score (nSPS) is 14.2. The molecule has 6 nitrogen and oxygen atoms in total. The second-order valence-corrected chi connectivity index (χ2v) is 6.24. The molecule has 0 bridgehead atoms. The smallest absolute Gasteiger partial charge is 0.231 e. The van der Waals surface area contributed by atoms with E-state index in [-0.39, 0.29) is 25.2 Å². The summed E-state index contributed by atoms with van der Waals surface area (Å²) in [5.74, 6) is -1.08. The van der Waals surface area contributed by atoms with E-state index < -0.39 is 11.8 Å². The van der Waals surface area contributed by atoms with E-state index in [1.54, 1.807) is 11.0 Å². The molecule has 0 aliphatic carbocycles. The second kappa shape index (κ2) is 7.58. The van der Waals surface area contributed by atoms with Gasteiger partial charge in [0.25, 0.3) is 0 Å². The zero-order valence-corrected chi connectivity index (χ0v) is 12.8. The van der Waals surface area contributed by atoms with Crippen LogP contribution in [0.3, 0.4) is 0 Å². The molecule has 6 N–H and O–H groups in total. The van der Waals surface area contributed by atoms with Crippen molar-refractivity contribution in [2.75, 3.05) is 13.1 Å². The Hall–Kier alpha value is -1.15. The van der Waals surface area contributed by atoms with Gasteiger partial charge in [-0.05, 0) is 18.6 Å². The average molecular weight is 319 g/mol. The summed E-state index contributed by atoms with van der Waals surface area (Å²) in [6.45, 7) is 1.76. The molecule has 0 saturated carbocycles. The SMILES string of the molecule is CCC(N)C(c1ccc(Cl)s1)N(CC(N)=O)CC(N)=O. The maximum atomic E-state index is 11.2. The molecule has 0 aliphatic heterocycles. The second-order valence-electron chi connectivity index (χ2n) is 4.50. The Bertz CT molecular complexity index is 464. The topological polar surface area (TPSA) is 115 Å². The van der Waals surface area contributed by atoms with Crippen LogP contribution in [0.4, 0.5) is 0 Å². The lowest BCUT2D eigenvalue weighted by Crippen LogP contribution is -2.47. The van der Waals surface area contributed by atoms with Crippen LogP contribution in [0.5, 0.6) is 0 Å². The zero-order chi connectivity index (χ0) is 15.3. The summed E-state index contributed by atoms with van der Waals surface area (Å²) < 4.78 is 0.617. The van der Waals surface area contributed by atoms with Crippen molar-refractivity contribution in [1.82, 2.24) is 4.90 Å². The number of hydrogen-bond acceptors (Lipinski definition) is 5. The maximum absolute atomic E-state index is 11.2. The van der Waals surface area contributed by atoms with Gasteiger partial charge in [0.05, 0.1) is 23.5 Å². The van der Waals surface area contributed by atoms with E-state index >= 15 is 0 Å². The van der Waals surface area contributed by atoms with Crippen molar-refractivity contribution in [1.29, 1.82) is 0 Å². The summed E-state index contributed by atoms with van der Waals surface area (Å²) in [4.78, 5) is 24.9. The van der Waals surface area contributed by atoms with Crippen molar-refractivity contribution >= 4 is 34.8 Å². The van der Waals surface area contributed by atoms with Crippen LogP contribution in [0.2, 0.25) is 4.34 Å². The first-order valence-electron chi connectivity index (χ1n) is 6.16. The van der Waals surface area contributed by atoms with E-state index in [0.29, 0.717) is 10.8 Å². The minimum Gasteiger partial charge on any atom is -0.369 e. The number of carbonyl (C=O) groups excluding carboxylic acids is 2. The Balaban J connectivity index is 3.09. The number of thiophene rings is 1. The molecule has 2 amide bonds. The standard InChI is InChI=1S/C12H19ClN4O2S/c1-2-7(14)12(8-3-4-9(13)20-8)17(5-10(15)18)6-11(16)19/h3-4,7,12H,2,5-6,14H2,1H3,(H2,15,18)(H2,16,19). The maximum Gasteiger partial charge on any atom is 0.231 e. The summed E-state index contributed by atoms with van der Waals surface area (Å²) in [6, 6.07) is 3.01. The molecule has 2 unspecified atom stereocenters. The van der Waals surface area contributed by atoms with Crippen LogP contribution in [0.1, 0.15) is 24.3 Å². The number of primary amides is 2. The number of nitrogens with zero attached hydrogens (tertiary/aromatic N) is 1. The molecule has 1 aromatic heterocycles. The first kappa shape index (κ1) is 16.9. The lowest BCUT2D eigenvalue weighted by atomic mass is 10.0. The minimum atomic E-state index is -0.540. The van der Waals surface area contributed by atoms with Gasteiger partial charge in [-0.15, -0.1) is 11.3 Å². The lowest BCUT2D eigenvalue weighted by Gasteiger charge is -2.33. The van der Waals surface area contributed by atoms with Gasteiger partial charge in [0.2, 0.25) is 11.8 Å². The number of carbonyl (C=O) groups is 2. The van der Waals surface area contributed by atoms with Crippen LogP contribution in [-0.4, -0.2) is 35.8 Å². The molecule has 2 atom stereocenters. The van der Waals surface area contributed by atoms with Gasteiger partial charge in [0, 0.05) is 10.9 Å². The van der Waals surface area contributed by atoms with Crippen LogP contribution < -0.4 is 17.2 Å². The summed E-state index contributed by atoms with van der Waals surface area (Å²) in [5.41, 5.74) is 16.6. The van der Waals surface area contributed by atoms with E-state index in [0.717, 1.165) is 4.88 Å². The molecule has 1 heterocycles. The minimum absolute atomic E-state index is 0.0865. The quantitative estimate of drug-likeness (QED) is 0.645. The third-order valence-corrected chi connectivity index (χ3v) is 4.18. The van der Waals surface area contributed by atoms with E-state index in [1.807, 2.05) is 13.0 Å². The van der Waals surface area contributed by atoms with Crippen LogP contribution in [0, 0.1) is 0 Å². The predicted octanol–water partition coefficient (Wildman–Crippen LogP) is 0.453. The Labute approximate surface area is 126 Å². The number of halogens is 1. The predicted molar refractivity (Wildman–Crippen MR) is 80.3 cm³/mol.